The van der Waals surface area contributed by atoms with Crippen molar-refractivity contribution in [3.63, 3.8) is 0 Å². The van der Waals surface area contributed by atoms with Gasteiger partial charge in [-0.2, -0.15) is 8.78 Å². The van der Waals surface area contributed by atoms with Crippen LogP contribution in [0, 0.1) is 0 Å². The van der Waals surface area contributed by atoms with Gasteiger partial charge in [-0.05, 0) is 35.9 Å². The third-order valence-electron chi connectivity index (χ3n) is 5.21. The van der Waals surface area contributed by atoms with Gasteiger partial charge >= 0.3 is 6.61 Å². The zero-order valence-electron chi connectivity index (χ0n) is 17.5. The monoisotopic (exact) mass is 436 g/mol. The number of aliphatic hydroxyl groups is 1. The molecule has 1 atom stereocenters. The Morgan fingerprint density at radius 2 is 1.65 bits per heavy atom. The summed E-state index contributed by atoms with van der Waals surface area (Å²) in [5.41, 5.74) is 1.14. The van der Waals surface area contributed by atoms with E-state index in [4.69, 9.17) is 9.47 Å². The SMILES string of the molecule is COc1ccc(C(=O)N2CCN(CC(O)c3ccc(OC(F)F)cc3)CC2)cc1OC. The molecule has 0 radical (unpaired) electrons. The van der Waals surface area contributed by atoms with Crippen LogP contribution >= 0.6 is 0 Å². The molecule has 168 valence electrons. The molecule has 2 aromatic carbocycles. The Balaban J connectivity index is 1.52. The molecule has 1 fully saturated rings. The van der Waals surface area contributed by atoms with Gasteiger partial charge in [0.15, 0.2) is 11.5 Å². The number of hydrogen-bond acceptors (Lipinski definition) is 6. The largest absolute Gasteiger partial charge is 0.493 e. The van der Waals surface area contributed by atoms with E-state index in [1.807, 2.05) is 0 Å². The molecule has 0 aromatic heterocycles. The number of β-amino-alcohol motifs (C(OH)–C–C–N with tert-alkyl or cyclic N) is 1. The average molecular weight is 436 g/mol. The minimum absolute atomic E-state index is 0.0493. The lowest BCUT2D eigenvalue weighted by Crippen LogP contribution is -2.49. The fraction of sp³-hybridized carbons (Fsp3) is 0.409. The zero-order chi connectivity index (χ0) is 22.4. The fourth-order valence-electron chi connectivity index (χ4n) is 3.51. The second kappa shape index (κ2) is 10.4. The summed E-state index contributed by atoms with van der Waals surface area (Å²) in [4.78, 5) is 16.6. The van der Waals surface area contributed by atoms with E-state index in [0.29, 0.717) is 55.3 Å². The van der Waals surface area contributed by atoms with Crippen LogP contribution < -0.4 is 14.2 Å². The van der Waals surface area contributed by atoms with Crippen molar-refractivity contribution in [3.8, 4) is 17.2 Å². The van der Waals surface area contributed by atoms with Crippen molar-refractivity contribution in [1.82, 2.24) is 9.80 Å². The van der Waals surface area contributed by atoms with Crippen LogP contribution in [0.1, 0.15) is 22.0 Å². The summed E-state index contributed by atoms with van der Waals surface area (Å²) in [5, 5.41) is 10.5. The number of carbonyl (C=O) groups is 1. The number of methoxy groups -OCH3 is 2. The molecule has 3 rings (SSSR count). The van der Waals surface area contributed by atoms with Gasteiger partial charge in [0.1, 0.15) is 5.75 Å². The van der Waals surface area contributed by atoms with Crippen molar-refractivity contribution in [2.75, 3.05) is 46.9 Å². The van der Waals surface area contributed by atoms with Gasteiger partial charge in [0.2, 0.25) is 0 Å². The average Bonchev–Trinajstić information content (AvgIpc) is 2.78. The molecule has 31 heavy (non-hydrogen) atoms. The van der Waals surface area contributed by atoms with Gasteiger partial charge in [-0.1, -0.05) is 12.1 Å². The lowest BCUT2D eigenvalue weighted by Gasteiger charge is -2.35. The Bertz CT molecular complexity index is 871. The van der Waals surface area contributed by atoms with Crippen LogP contribution in [-0.2, 0) is 0 Å². The number of halogens is 2. The van der Waals surface area contributed by atoms with E-state index in [-0.39, 0.29) is 11.7 Å². The fourth-order valence-corrected chi connectivity index (χ4v) is 3.51. The summed E-state index contributed by atoms with van der Waals surface area (Å²) in [6.07, 6.45) is -0.770. The summed E-state index contributed by atoms with van der Waals surface area (Å²) in [5.74, 6) is 1.02. The first kappa shape index (κ1) is 22.8. The molecule has 0 saturated carbocycles. The maximum absolute atomic E-state index is 12.8. The van der Waals surface area contributed by atoms with E-state index in [9.17, 15) is 18.7 Å². The smallest absolute Gasteiger partial charge is 0.387 e. The molecular formula is C22H26F2N2O5. The number of alkyl halides is 2. The van der Waals surface area contributed by atoms with Crippen molar-refractivity contribution >= 4 is 5.91 Å². The number of piperazine rings is 1. The molecule has 0 spiro atoms. The maximum atomic E-state index is 12.8. The Morgan fingerprint density at radius 3 is 2.23 bits per heavy atom. The first-order chi connectivity index (χ1) is 14.9. The van der Waals surface area contributed by atoms with E-state index >= 15 is 0 Å². The molecule has 1 aliphatic heterocycles. The quantitative estimate of drug-likeness (QED) is 0.686. The minimum atomic E-state index is -2.88. The first-order valence-corrected chi connectivity index (χ1v) is 9.87. The molecule has 2 aromatic rings. The van der Waals surface area contributed by atoms with Crippen LogP contribution in [0.25, 0.3) is 0 Å². The van der Waals surface area contributed by atoms with Crippen LogP contribution in [0.3, 0.4) is 0 Å². The van der Waals surface area contributed by atoms with Crippen molar-refractivity contribution in [2.24, 2.45) is 0 Å². The van der Waals surface area contributed by atoms with Crippen molar-refractivity contribution in [1.29, 1.82) is 0 Å². The molecule has 1 unspecified atom stereocenters. The highest BCUT2D eigenvalue weighted by molar-refractivity contribution is 5.95. The number of hydrogen-bond donors (Lipinski definition) is 1. The minimum Gasteiger partial charge on any atom is -0.493 e. The number of ether oxygens (including phenoxy) is 3. The van der Waals surface area contributed by atoms with E-state index in [2.05, 4.69) is 9.64 Å². The number of nitrogens with zero attached hydrogens (tertiary/aromatic N) is 2. The van der Waals surface area contributed by atoms with Gasteiger partial charge in [0, 0.05) is 38.3 Å². The van der Waals surface area contributed by atoms with E-state index in [1.54, 1.807) is 42.3 Å². The Hall–Kier alpha value is -2.91. The summed E-state index contributed by atoms with van der Waals surface area (Å²) in [6, 6.07) is 11.0. The number of aliphatic hydroxyl groups excluding tert-OH is 1. The van der Waals surface area contributed by atoms with Crippen LogP contribution in [-0.4, -0.2) is 74.4 Å². The number of benzene rings is 2. The van der Waals surface area contributed by atoms with Gasteiger partial charge in [0.25, 0.3) is 5.91 Å². The second-order valence-electron chi connectivity index (χ2n) is 7.13. The molecule has 7 nitrogen and oxygen atoms in total. The number of carbonyl (C=O) groups excluding carboxylic acids is 1. The molecule has 1 amide bonds. The van der Waals surface area contributed by atoms with Crippen LogP contribution in [0.2, 0.25) is 0 Å². The normalized spacial score (nSPS) is 15.6. The third kappa shape index (κ3) is 5.83. The Morgan fingerprint density at radius 1 is 1.00 bits per heavy atom. The second-order valence-corrected chi connectivity index (χ2v) is 7.13. The van der Waals surface area contributed by atoms with E-state index in [1.165, 1.54) is 19.2 Å². The molecule has 0 bridgehead atoms. The Labute approximate surface area is 179 Å². The topological polar surface area (TPSA) is 71.5 Å². The van der Waals surface area contributed by atoms with Crippen LogP contribution in [0.5, 0.6) is 17.2 Å². The summed E-state index contributed by atoms with van der Waals surface area (Å²) < 4.78 is 39.3. The predicted molar refractivity (Wildman–Crippen MR) is 110 cm³/mol. The molecule has 1 N–H and O–H groups in total. The zero-order valence-corrected chi connectivity index (χ0v) is 17.5. The highest BCUT2D eigenvalue weighted by atomic mass is 19.3. The van der Waals surface area contributed by atoms with E-state index < -0.39 is 12.7 Å². The molecule has 1 heterocycles. The lowest BCUT2D eigenvalue weighted by molar-refractivity contribution is -0.0498. The predicted octanol–water partition coefficient (Wildman–Crippen LogP) is 2.80. The molecule has 0 aliphatic carbocycles. The summed E-state index contributed by atoms with van der Waals surface area (Å²) >= 11 is 0. The highest BCUT2D eigenvalue weighted by Gasteiger charge is 2.24. The summed E-state index contributed by atoms with van der Waals surface area (Å²) in [6.45, 7) is -0.213. The number of amides is 1. The van der Waals surface area contributed by atoms with Crippen molar-refractivity contribution in [2.45, 2.75) is 12.7 Å². The van der Waals surface area contributed by atoms with Crippen molar-refractivity contribution < 1.29 is 32.9 Å². The molecule has 1 saturated heterocycles. The number of rotatable bonds is 8. The van der Waals surface area contributed by atoms with Gasteiger partial charge in [-0.3, -0.25) is 9.69 Å². The molecule has 1 aliphatic rings. The summed E-state index contributed by atoms with van der Waals surface area (Å²) in [7, 11) is 3.06. The van der Waals surface area contributed by atoms with Gasteiger partial charge < -0.3 is 24.2 Å². The van der Waals surface area contributed by atoms with Crippen molar-refractivity contribution in [3.05, 3.63) is 53.6 Å². The van der Waals surface area contributed by atoms with Gasteiger partial charge in [-0.15, -0.1) is 0 Å². The molecule has 9 heteroatoms. The highest BCUT2D eigenvalue weighted by Crippen LogP contribution is 2.28. The Kier molecular flexibility index (Phi) is 7.64. The lowest BCUT2D eigenvalue weighted by atomic mass is 10.1. The first-order valence-electron chi connectivity index (χ1n) is 9.87. The molecular weight excluding hydrogens is 410 g/mol. The third-order valence-corrected chi connectivity index (χ3v) is 5.21. The maximum Gasteiger partial charge on any atom is 0.387 e. The van der Waals surface area contributed by atoms with Crippen LogP contribution in [0.4, 0.5) is 8.78 Å². The van der Waals surface area contributed by atoms with E-state index in [0.717, 1.165) is 0 Å². The van der Waals surface area contributed by atoms with Gasteiger partial charge in [0.05, 0.1) is 20.3 Å². The van der Waals surface area contributed by atoms with Crippen LogP contribution in [0.15, 0.2) is 42.5 Å². The van der Waals surface area contributed by atoms with Gasteiger partial charge in [-0.25, -0.2) is 0 Å². The standard InChI is InChI=1S/C22H26F2N2O5/c1-29-19-8-5-16(13-20(19)30-2)21(28)26-11-9-25(10-12-26)14-18(27)15-3-6-17(7-4-15)31-22(23)24/h3-8,13,18,22,27H,9-12,14H2,1-2H3.